The molecule has 0 saturated carbocycles. The molecule has 21 heavy (non-hydrogen) atoms. The van der Waals surface area contributed by atoms with Gasteiger partial charge in [-0.15, -0.1) is 0 Å². The number of fused-ring (bicyclic) bond motifs is 1. The number of hydrogen-bond donors (Lipinski definition) is 1. The zero-order valence-corrected chi connectivity index (χ0v) is 13.7. The second-order valence-electron chi connectivity index (χ2n) is 5.81. The summed E-state index contributed by atoms with van der Waals surface area (Å²) < 4.78 is 5.96. The Morgan fingerprint density at radius 2 is 2.14 bits per heavy atom. The van der Waals surface area contributed by atoms with Gasteiger partial charge >= 0.3 is 0 Å². The van der Waals surface area contributed by atoms with E-state index in [9.17, 15) is 0 Å². The number of nitrogens with zero attached hydrogens (tertiary/aromatic N) is 1. The molecule has 0 saturated heterocycles. The van der Waals surface area contributed by atoms with E-state index in [4.69, 9.17) is 4.74 Å². The van der Waals surface area contributed by atoms with Gasteiger partial charge in [-0.2, -0.15) is 0 Å². The molecule has 0 spiro atoms. The van der Waals surface area contributed by atoms with E-state index >= 15 is 0 Å². The third-order valence-electron chi connectivity index (χ3n) is 4.45. The van der Waals surface area contributed by atoms with Crippen molar-refractivity contribution in [2.24, 2.45) is 10.9 Å². The van der Waals surface area contributed by atoms with Gasteiger partial charge in [0.2, 0.25) is 0 Å². The molecule has 2 aliphatic heterocycles. The first-order valence-electron chi connectivity index (χ1n) is 7.99. The first-order chi connectivity index (χ1) is 10.3. The van der Waals surface area contributed by atoms with E-state index in [1.54, 1.807) is 0 Å². The fourth-order valence-corrected chi connectivity index (χ4v) is 4.45. The molecule has 1 N–H and O–H groups in total. The number of hydrogen-bond acceptors (Lipinski definition) is 4. The van der Waals surface area contributed by atoms with E-state index in [0.717, 1.165) is 36.3 Å². The number of nitrogens with one attached hydrogen (secondary N) is 1. The fourth-order valence-electron chi connectivity index (χ4n) is 3.12. The van der Waals surface area contributed by atoms with Crippen molar-refractivity contribution in [3.8, 4) is 5.75 Å². The SMILES string of the molecule is CCC(CC)C1CN=C(NCC2Cc3ccccc3O2)S1. The van der Waals surface area contributed by atoms with E-state index in [2.05, 4.69) is 42.4 Å². The number of ether oxygens (including phenoxy) is 1. The minimum absolute atomic E-state index is 0.234. The molecule has 0 aromatic heterocycles. The average molecular weight is 304 g/mol. The van der Waals surface area contributed by atoms with Crippen LogP contribution in [0.25, 0.3) is 0 Å². The lowest BCUT2D eigenvalue weighted by Gasteiger charge is -2.19. The van der Waals surface area contributed by atoms with Crippen molar-refractivity contribution in [2.45, 2.75) is 44.5 Å². The number of aliphatic imine (C=N–C) groups is 1. The second kappa shape index (κ2) is 6.73. The monoisotopic (exact) mass is 304 g/mol. The van der Waals surface area contributed by atoms with Crippen molar-refractivity contribution >= 4 is 16.9 Å². The Hall–Kier alpha value is -1.16. The third-order valence-corrected chi connectivity index (χ3v) is 5.78. The van der Waals surface area contributed by atoms with Crippen molar-refractivity contribution in [1.82, 2.24) is 5.32 Å². The van der Waals surface area contributed by atoms with Crippen molar-refractivity contribution in [2.75, 3.05) is 13.1 Å². The fraction of sp³-hybridized carbons (Fsp3) is 0.588. The van der Waals surface area contributed by atoms with Crippen molar-refractivity contribution in [1.29, 1.82) is 0 Å². The van der Waals surface area contributed by atoms with E-state index in [0.29, 0.717) is 5.25 Å². The molecule has 0 aliphatic carbocycles. The van der Waals surface area contributed by atoms with E-state index < -0.39 is 0 Å². The van der Waals surface area contributed by atoms with Crippen molar-refractivity contribution in [3.05, 3.63) is 29.8 Å². The summed E-state index contributed by atoms with van der Waals surface area (Å²) in [7, 11) is 0. The minimum atomic E-state index is 0.234. The van der Waals surface area contributed by atoms with Crippen LogP contribution in [0.15, 0.2) is 29.3 Å². The number of para-hydroxylation sites is 1. The Labute approximate surface area is 131 Å². The van der Waals surface area contributed by atoms with Crippen LogP contribution in [0.2, 0.25) is 0 Å². The number of thioether (sulfide) groups is 1. The molecule has 0 amide bonds. The van der Waals surface area contributed by atoms with Crippen LogP contribution in [0.5, 0.6) is 5.75 Å². The van der Waals surface area contributed by atoms with Gasteiger partial charge in [0.1, 0.15) is 11.9 Å². The van der Waals surface area contributed by atoms with Gasteiger partial charge in [0.05, 0.1) is 13.1 Å². The molecule has 0 bridgehead atoms. The summed E-state index contributed by atoms with van der Waals surface area (Å²) in [5.74, 6) is 1.82. The van der Waals surface area contributed by atoms with Gasteiger partial charge in [-0.05, 0) is 17.5 Å². The van der Waals surface area contributed by atoms with Crippen LogP contribution in [0.3, 0.4) is 0 Å². The van der Waals surface area contributed by atoms with Crippen molar-refractivity contribution in [3.63, 3.8) is 0 Å². The van der Waals surface area contributed by atoms with Crippen LogP contribution in [0.4, 0.5) is 0 Å². The lowest BCUT2D eigenvalue weighted by atomic mass is 9.99. The van der Waals surface area contributed by atoms with E-state index in [1.165, 1.54) is 18.4 Å². The summed E-state index contributed by atoms with van der Waals surface area (Å²) in [5.41, 5.74) is 1.32. The summed E-state index contributed by atoms with van der Waals surface area (Å²) >= 11 is 1.92. The lowest BCUT2D eigenvalue weighted by molar-refractivity contribution is 0.235. The predicted octanol–water partition coefficient (Wildman–Crippen LogP) is 3.49. The van der Waals surface area contributed by atoms with Crippen molar-refractivity contribution < 1.29 is 4.74 Å². The lowest BCUT2D eigenvalue weighted by Crippen LogP contribution is -2.32. The molecule has 4 heteroatoms. The molecule has 2 aliphatic rings. The molecule has 1 aromatic rings. The number of benzene rings is 1. The van der Waals surface area contributed by atoms with Gasteiger partial charge in [0, 0.05) is 11.7 Å². The Balaban J connectivity index is 1.45. The highest BCUT2D eigenvalue weighted by atomic mass is 32.2. The molecule has 3 nitrogen and oxygen atoms in total. The minimum Gasteiger partial charge on any atom is -0.488 e. The maximum Gasteiger partial charge on any atom is 0.157 e. The van der Waals surface area contributed by atoms with Gasteiger partial charge in [-0.1, -0.05) is 56.7 Å². The largest absolute Gasteiger partial charge is 0.488 e. The smallest absolute Gasteiger partial charge is 0.157 e. The quantitative estimate of drug-likeness (QED) is 0.904. The first-order valence-corrected chi connectivity index (χ1v) is 8.87. The van der Waals surface area contributed by atoms with Crippen LogP contribution in [0.1, 0.15) is 32.3 Å². The van der Waals surface area contributed by atoms with Gasteiger partial charge in [0.15, 0.2) is 5.17 Å². The molecule has 2 unspecified atom stereocenters. The van der Waals surface area contributed by atoms with Gasteiger partial charge in [-0.25, -0.2) is 0 Å². The molecule has 0 radical (unpaired) electrons. The molecule has 2 atom stereocenters. The summed E-state index contributed by atoms with van der Waals surface area (Å²) in [4.78, 5) is 4.66. The topological polar surface area (TPSA) is 33.6 Å². The maximum atomic E-state index is 5.96. The Morgan fingerprint density at radius 3 is 2.90 bits per heavy atom. The molecular formula is C17H24N2OS. The highest BCUT2D eigenvalue weighted by Crippen LogP contribution is 2.31. The predicted molar refractivity (Wildman–Crippen MR) is 90.3 cm³/mol. The summed E-state index contributed by atoms with van der Waals surface area (Å²) in [5, 5.41) is 5.24. The highest BCUT2D eigenvalue weighted by molar-refractivity contribution is 8.14. The van der Waals surface area contributed by atoms with Crippen LogP contribution in [-0.2, 0) is 6.42 Å². The normalized spacial score (nSPS) is 23.9. The standard InChI is InChI=1S/C17H24N2OS/c1-3-12(4-2)16-11-19-17(21-16)18-10-14-9-13-7-5-6-8-15(13)20-14/h5-8,12,14,16H,3-4,9-11H2,1-2H3,(H,18,19). The molecule has 1 aromatic carbocycles. The van der Waals surface area contributed by atoms with Crippen LogP contribution in [0, 0.1) is 5.92 Å². The van der Waals surface area contributed by atoms with Crippen LogP contribution < -0.4 is 10.1 Å². The van der Waals surface area contributed by atoms with E-state index in [-0.39, 0.29) is 6.10 Å². The second-order valence-corrected chi connectivity index (χ2v) is 7.04. The highest BCUT2D eigenvalue weighted by Gasteiger charge is 2.27. The van der Waals surface area contributed by atoms with E-state index in [1.807, 2.05) is 17.8 Å². The van der Waals surface area contributed by atoms with Gasteiger partial charge in [0.25, 0.3) is 0 Å². The molecule has 3 rings (SSSR count). The summed E-state index contributed by atoms with van der Waals surface area (Å²) in [6.07, 6.45) is 3.73. The molecule has 2 heterocycles. The van der Waals surface area contributed by atoms with Crippen LogP contribution in [-0.4, -0.2) is 29.6 Å². The number of rotatable bonds is 5. The third kappa shape index (κ3) is 3.37. The molecule has 114 valence electrons. The zero-order chi connectivity index (χ0) is 14.7. The Bertz CT molecular complexity index is 488. The van der Waals surface area contributed by atoms with Gasteiger partial charge in [-0.3, -0.25) is 4.99 Å². The Morgan fingerprint density at radius 1 is 1.33 bits per heavy atom. The zero-order valence-electron chi connectivity index (χ0n) is 12.8. The Kier molecular flexibility index (Phi) is 4.73. The van der Waals surface area contributed by atoms with Crippen LogP contribution >= 0.6 is 11.8 Å². The molecular weight excluding hydrogens is 280 g/mol. The first kappa shape index (κ1) is 14.8. The average Bonchev–Trinajstić information content (AvgIpc) is 3.12. The number of amidine groups is 1. The summed E-state index contributed by atoms with van der Waals surface area (Å²) in [6.45, 7) is 6.37. The maximum absolute atomic E-state index is 5.96. The van der Waals surface area contributed by atoms with Gasteiger partial charge < -0.3 is 10.1 Å². The molecule has 0 fully saturated rings. The summed E-state index contributed by atoms with van der Waals surface area (Å²) in [6, 6.07) is 8.32.